The number of pyridine rings is 1. The van der Waals surface area contributed by atoms with E-state index in [2.05, 4.69) is 15.3 Å². The van der Waals surface area contributed by atoms with Gasteiger partial charge in [-0.25, -0.2) is 9.97 Å². The summed E-state index contributed by atoms with van der Waals surface area (Å²) in [5.74, 6) is 1.22. The second-order valence-electron chi connectivity index (χ2n) is 5.95. The number of nitrogens with one attached hydrogen (secondary N) is 1. The Morgan fingerprint density at radius 1 is 1.00 bits per heavy atom. The Labute approximate surface area is 160 Å². The van der Waals surface area contributed by atoms with Crippen LogP contribution in [0.1, 0.15) is 10.4 Å². The van der Waals surface area contributed by atoms with Gasteiger partial charge in [-0.15, -0.1) is 0 Å². The largest absolute Gasteiger partial charge is 0.493 e. The summed E-state index contributed by atoms with van der Waals surface area (Å²) in [4.78, 5) is 21.2. The molecule has 2 aromatic heterocycles. The molecule has 7 heteroatoms. The molecule has 0 aliphatic rings. The molecule has 2 heterocycles. The summed E-state index contributed by atoms with van der Waals surface area (Å²) < 4.78 is 16.1. The molecule has 28 heavy (non-hydrogen) atoms. The van der Waals surface area contributed by atoms with Gasteiger partial charge in [0.2, 0.25) is 11.6 Å². The van der Waals surface area contributed by atoms with E-state index in [9.17, 15) is 4.79 Å². The number of fused-ring (bicyclic) bond motifs is 1. The summed E-state index contributed by atoms with van der Waals surface area (Å²) in [5.41, 5.74) is 2.96. The number of anilines is 1. The molecule has 0 radical (unpaired) electrons. The highest BCUT2D eigenvalue weighted by Gasteiger charge is 2.13. The van der Waals surface area contributed by atoms with Gasteiger partial charge in [0, 0.05) is 23.0 Å². The van der Waals surface area contributed by atoms with E-state index in [1.807, 2.05) is 18.2 Å². The Kier molecular flexibility index (Phi) is 4.63. The second kappa shape index (κ2) is 7.40. The van der Waals surface area contributed by atoms with Crippen molar-refractivity contribution in [2.45, 2.75) is 0 Å². The fraction of sp³-hybridized carbons (Fsp3) is 0.0952. The molecule has 140 valence electrons. The number of carbonyl (C=O) groups is 1. The summed E-state index contributed by atoms with van der Waals surface area (Å²) >= 11 is 0. The third kappa shape index (κ3) is 3.37. The number of aromatic nitrogens is 2. The van der Waals surface area contributed by atoms with Crippen molar-refractivity contribution >= 4 is 22.8 Å². The van der Waals surface area contributed by atoms with Crippen LogP contribution in [0.3, 0.4) is 0 Å². The fourth-order valence-corrected chi connectivity index (χ4v) is 2.80. The number of rotatable bonds is 5. The number of methoxy groups -OCH3 is 2. The monoisotopic (exact) mass is 375 g/mol. The summed E-state index contributed by atoms with van der Waals surface area (Å²) in [5, 5.41) is 2.87. The molecule has 1 amide bonds. The minimum absolute atomic E-state index is 0.266. The quantitative estimate of drug-likeness (QED) is 0.564. The Morgan fingerprint density at radius 3 is 2.64 bits per heavy atom. The van der Waals surface area contributed by atoms with Crippen molar-refractivity contribution in [1.29, 1.82) is 0 Å². The summed E-state index contributed by atoms with van der Waals surface area (Å²) in [6, 6.07) is 15.9. The highest BCUT2D eigenvalue weighted by atomic mass is 16.5. The highest BCUT2D eigenvalue weighted by Crippen LogP contribution is 2.29. The van der Waals surface area contributed by atoms with E-state index in [0.717, 1.165) is 5.56 Å². The van der Waals surface area contributed by atoms with Gasteiger partial charge < -0.3 is 19.2 Å². The Bertz CT molecular complexity index is 1120. The van der Waals surface area contributed by atoms with Gasteiger partial charge >= 0.3 is 0 Å². The van der Waals surface area contributed by atoms with Crippen molar-refractivity contribution in [2.75, 3.05) is 19.5 Å². The predicted molar refractivity (Wildman–Crippen MR) is 105 cm³/mol. The van der Waals surface area contributed by atoms with Crippen LogP contribution < -0.4 is 14.8 Å². The standard InChI is InChI=1S/C21H17N3O4/c1-26-17-9-8-13(12-18(17)27-2)19(25)23-15-6-3-5-14(11-15)20-24-16-7-4-10-22-21(16)28-20/h3-12H,1-2H3,(H,23,25). The Hall–Kier alpha value is -3.87. The van der Waals surface area contributed by atoms with Crippen LogP contribution in [0.5, 0.6) is 11.5 Å². The third-order valence-corrected chi connectivity index (χ3v) is 4.18. The number of hydrogen-bond acceptors (Lipinski definition) is 6. The lowest BCUT2D eigenvalue weighted by molar-refractivity contribution is 0.102. The fourth-order valence-electron chi connectivity index (χ4n) is 2.80. The maximum Gasteiger partial charge on any atom is 0.255 e. The number of nitrogens with zero attached hydrogens (tertiary/aromatic N) is 2. The van der Waals surface area contributed by atoms with Crippen LogP contribution in [-0.4, -0.2) is 30.1 Å². The molecule has 4 rings (SSSR count). The first-order chi connectivity index (χ1) is 13.7. The van der Waals surface area contributed by atoms with Gasteiger partial charge in [-0.1, -0.05) is 6.07 Å². The first-order valence-corrected chi connectivity index (χ1v) is 8.53. The van der Waals surface area contributed by atoms with E-state index in [0.29, 0.717) is 39.9 Å². The van der Waals surface area contributed by atoms with Crippen LogP contribution >= 0.6 is 0 Å². The van der Waals surface area contributed by atoms with Crippen molar-refractivity contribution in [2.24, 2.45) is 0 Å². The van der Waals surface area contributed by atoms with Crippen LogP contribution in [0.4, 0.5) is 5.69 Å². The molecule has 0 atom stereocenters. The van der Waals surface area contributed by atoms with Crippen molar-refractivity contribution in [3.63, 3.8) is 0 Å². The third-order valence-electron chi connectivity index (χ3n) is 4.18. The number of amides is 1. The highest BCUT2D eigenvalue weighted by molar-refractivity contribution is 6.04. The molecular formula is C21H17N3O4. The Morgan fingerprint density at radius 2 is 1.86 bits per heavy atom. The lowest BCUT2D eigenvalue weighted by Crippen LogP contribution is -2.12. The van der Waals surface area contributed by atoms with E-state index in [4.69, 9.17) is 13.9 Å². The zero-order valence-corrected chi connectivity index (χ0v) is 15.3. The lowest BCUT2D eigenvalue weighted by atomic mass is 10.1. The average Bonchev–Trinajstić information content (AvgIpc) is 3.17. The number of carbonyl (C=O) groups excluding carboxylic acids is 1. The van der Waals surface area contributed by atoms with Crippen molar-refractivity contribution in [1.82, 2.24) is 9.97 Å². The molecule has 0 saturated carbocycles. The first-order valence-electron chi connectivity index (χ1n) is 8.53. The number of oxazole rings is 1. The molecule has 0 unspecified atom stereocenters. The van der Waals surface area contributed by atoms with E-state index in [1.54, 1.807) is 49.7 Å². The molecule has 4 aromatic rings. The zero-order valence-electron chi connectivity index (χ0n) is 15.3. The van der Waals surface area contributed by atoms with Crippen LogP contribution in [0, 0.1) is 0 Å². The summed E-state index contributed by atoms with van der Waals surface area (Å²) in [6.45, 7) is 0. The normalized spacial score (nSPS) is 10.6. The first kappa shape index (κ1) is 17.5. The van der Waals surface area contributed by atoms with Crippen LogP contribution in [0.25, 0.3) is 22.7 Å². The summed E-state index contributed by atoms with van der Waals surface area (Å²) in [6.07, 6.45) is 1.65. The number of hydrogen-bond donors (Lipinski definition) is 1. The molecule has 0 fully saturated rings. The predicted octanol–water partition coefficient (Wildman–Crippen LogP) is 4.16. The van der Waals surface area contributed by atoms with Gasteiger partial charge in [0.25, 0.3) is 5.91 Å². The van der Waals surface area contributed by atoms with E-state index in [1.165, 1.54) is 7.11 Å². The van der Waals surface area contributed by atoms with Gasteiger partial charge in [-0.3, -0.25) is 4.79 Å². The molecule has 0 aliphatic carbocycles. The molecular weight excluding hydrogens is 358 g/mol. The topological polar surface area (TPSA) is 86.5 Å². The average molecular weight is 375 g/mol. The number of benzene rings is 2. The van der Waals surface area contributed by atoms with Gasteiger partial charge in [-0.05, 0) is 48.5 Å². The van der Waals surface area contributed by atoms with Crippen LogP contribution in [0.15, 0.2) is 65.2 Å². The minimum atomic E-state index is -0.266. The van der Waals surface area contributed by atoms with Gasteiger partial charge in [-0.2, -0.15) is 0 Å². The molecule has 0 bridgehead atoms. The number of ether oxygens (including phenoxy) is 2. The molecule has 2 aromatic carbocycles. The molecule has 0 aliphatic heterocycles. The smallest absolute Gasteiger partial charge is 0.255 e. The maximum absolute atomic E-state index is 12.6. The lowest BCUT2D eigenvalue weighted by Gasteiger charge is -2.10. The molecule has 0 spiro atoms. The second-order valence-corrected chi connectivity index (χ2v) is 5.95. The van der Waals surface area contributed by atoms with Crippen molar-refractivity contribution < 1.29 is 18.7 Å². The zero-order chi connectivity index (χ0) is 19.5. The van der Waals surface area contributed by atoms with Crippen molar-refractivity contribution in [3.8, 4) is 23.0 Å². The van der Waals surface area contributed by atoms with Crippen LogP contribution in [0.2, 0.25) is 0 Å². The van der Waals surface area contributed by atoms with E-state index in [-0.39, 0.29) is 5.91 Å². The molecule has 1 N–H and O–H groups in total. The van der Waals surface area contributed by atoms with Crippen molar-refractivity contribution in [3.05, 3.63) is 66.4 Å². The van der Waals surface area contributed by atoms with E-state index < -0.39 is 0 Å². The maximum atomic E-state index is 12.6. The Balaban J connectivity index is 1.59. The van der Waals surface area contributed by atoms with Crippen LogP contribution in [-0.2, 0) is 0 Å². The molecule has 7 nitrogen and oxygen atoms in total. The summed E-state index contributed by atoms with van der Waals surface area (Å²) in [7, 11) is 3.07. The van der Waals surface area contributed by atoms with Gasteiger partial charge in [0.05, 0.1) is 14.2 Å². The SMILES string of the molecule is COc1ccc(C(=O)Nc2cccc(-c3nc4cccnc4o3)c2)cc1OC. The van der Waals surface area contributed by atoms with Gasteiger partial charge in [0.1, 0.15) is 5.52 Å². The van der Waals surface area contributed by atoms with Gasteiger partial charge in [0.15, 0.2) is 11.5 Å². The molecule has 0 saturated heterocycles. The van der Waals surface area contributed by atoms with E-state index >= 15 is 0 Å². The minimum Gasteiger partial charge on any atom is -0.493 e.